The van der Waals surface area contributed by atoms with Gasteiger partial charge in [-0.3, -0.25) is 9.59 Å². The van der Waals surface area contributed by atoms with E-state index in [1.165, 1.54) is 19.1 Å². The van der Waals surface area contributed by atoms with E-state index in [1.807, 2.05) is 0 Å². The topological polar surface area (TPSA) is 114 Å². The van der Waals surface area contributed by atoms with Gasteiger partial charge in [-0.25, -0.2) is 0 Å². The smallest absolute Gasteiger partial charge is 0.248 e. The Labute approximate surface area is 133 Å². The number of aromatic nitrogens is 1. The number of fused-ring (bicyclic) bond motifs is 1. The zero-order chi connectivity index (χ0) is 16.8. The van der Waals surface area contributed by atoms with Gasteiger partial charge in [-0.2, -0.15) is 0 Å². The molecule has 0 fully saturated rings. The van der Waals surface area contributed by atoms with E-state index in [0.717, 1.165) is 6.42 Å². The minimum atomic E-state index is -0.773. The fraction of sp³-hybridized carbons (Fsp3) is 0.375. The van der Waals surface area contributed by atoms with Crippen molar-refractivity contribution in [3.8, 4) is 5.75 Å². The molecule has 0 unspecified atom stereocenters. The Hall–Kier alpha value is -2.38. The quantitative estimate of drug-likeness (QED) is 0.473. The van der Waals surface area contributed by atoms with Crippen molar-refractivity contribution in [1.82, 2.24) is 15.6 Å². The van der Waals surface area contributed by atoms with Crippen LogP contribution in [0.2, 0.25) is 0 Å². The molecule has 2 aromatic rings. The predicted molar refractivity (Wildman–Crippen MR) is 87.4 cm³/mol. The van der Waals surface area contributed by atoms with E-state index in [2.05, 4.69) is 15.6 Å². The van der Waals surface area contributed by atoms with Gasteiger partial charge in [0.05, 0.1) is 11.6 Å². The Morgan fingerprint density at radius 3 is 2.78 bits per heavy atom. The molecule has 0 saturated carbocycles. The number of phenolic OH excluding ortho intramolecular Hbond substituents is 1. The van der Waals surface area contributed by atoms with Crippen LogP contribution in [0.4, 0.5) is 0 Å². The SMILES string of the molecule is CC(=O)NCCCNC[C@@H](O)c1ccc(O)c2[nH]c(=O)ccc12. The third-order valence-corrected chi connectivity index (χ3v) is 3.51. The molecule has 0 aliphatic carbocycles. The fourth-order valence-corrected chi connectivity index (χ4v) is 2.38. The first kappa shape index (κ1) is 17.0. The van der Waals surface area contributed by atoms with Gasteiger partial charge < -0.3 is 25.8 Å². The summed E-state index contributed by atoms with van der Waals surface area (Å²) in [4.78, 5) is 24.7. The number of amides is 1. The van der Waals surface area contributed by atoms with Crippen molar-refractivity contribution in [2.75, 3.05) is 19.6 Å². The number of aliphatic hydroxyl groups is 1. The minimum Gasteiger partial charge on any atom is -0.506 e. The van der Waals surface area contributed by atoms with E-state index in [-0.39, 0.29) is 17.2 Å². The number of aromatic amines is 1. The van der Waals surface area contributed by atoms with E-state index >= 15 is 0 Å². The lowest BCUT2D eigenvalue weighted by atomic mass is 10.0. The third-order valence-electron chi connectivity index (χ3n) is 3.51. The van der Waals surface area contributed by atoms with Crippen LogP contribution < -0.4 is 16.2 Å². The summed E-state index contributed by atoms with van der Waals surface area (Å²) in [6.45, 7) is 3.04. The number of pyridine rings is 1. The molecular formula is C16H21N3O4. The Balaban J connectivity index is 1.98. The number of carbonyl (C=O) groups is 1. The van der Waals surface area contributed by atoms with Crippen LogP contribution in [-0.4, -0.2) is 40.7 Å². The predicted octanol–water partition coefficient (Wildman–Crippen LogP) is 0.383. The molecular weight excluding hydrogens is 298 g/mol. The summed E-state index contributed by atoms with van der Waals surface area (Å²) in [5.41, 5.74) is 0.638. The molecule has 0 spiro atoms. The Morgan fingerprint density at radius 2 is 2.04 bits per heavy atom. The highest BCUT2D eigenvalue weighted by atomic mass is 16.3. The summed E-state index contributed by atoms with van der Waals surface area (Å²) in [5.74, 6) is -0.0912. The number of phenols is 1. The van der Waals surface area contributed by atoms with Crippen LogP contribution in [0.5, 0.6) is 5.75 Å². The van der Waals surface area contributed by atoms with E-state index in [4.69, 9.17) is 0 Å². The van der Waals surface area contributed by atoms with E-state index in [9.17, 15) is 19.8 Å². The lowest BCUT2D eigenvalue weighted by molar-refractivity contribution is -0.118. The van der Waals surface area contributed by atoms with Crippen LogP contribution in [0, 0.1) is 0 Å². The molecule has 7 nitrogen and oxygen atoms in total. The van der Waals surface area contributed by atoms with Gasteiger partial charge in [0.1, 0.15) is 5.75 Å². The lowest BCUT2D eigenvalue weighted by Crippen LogP contribution is -2.27. The lowest BCUT2D eigenvalue weighted by Gasteiger charge is -2.15. The average molecular weight is 319 g/mol. The van der Waals surface area contributed by atoms with Crippen LogP contribution in [0.15, 0.2) is 29.1 Å². The highest BCUT2D eigenvalue weighted by molar-refractivity contribution is 5.87. The number of hydrogen-bond acceptors (Lipinski definition) is 5. The molecule has 0 aliphatic rings. The molecule has 7 heteroatoms. The second-order valence-corrected chi connectivity index (χ2v) is 5.34. The molecule has 124 valence electrons. The van der Waals surface area contributed by atoms with Gasteiger partial charge in [0, 0.05) is 31.5 Å². The monoisotopic (exact) mass is 319 g/mol. The van der Waals surface area contributed by atoms with Gasteiger partial charge in [-0.05, 0) is 30.7 Å². The summed E-state index contributed by atoms with van der Waals surface area (Å²) < 4.78 is 0. The standard InChI is InChI=1S/C16H21N3O4/c1-10(20)18-8-2-7-17-9-14(22)11-3-5-13(21)16-12(11)4-6-15(23)19-16/h3-6,14,17,21-22H,2,7-9H2,1H3,(H,18,20)(H,19,23)/t14-/m1/s1. The number of H-pyrrole nitrogens is 1. The van der Waals surface area contributed by atoms with Crippen molar-refractivity contribution in [3.05, 3.63) is 40.2 Å². The second-order valence-electron chi connectivity index (χ2n) is 5.34. The molecule has 0 bridgehead atoms. The Morgan fingerprint density at radius 1 is 1.26 bits per heavy atom. The first-order valence-electron chi connectivity index (χ1n) is 7.47. The Bertz CT molecular complexity index is 742. The molecule has 1 amide bonds. The highest BCUT2D eigenvalue weighted by Crippen LogP contribution is 2.28. The van der Waals surface area contributed by atoms with Crippen molar-refractivity contribution in [2.24, 2.45) is 0 Å². The van der Waals surface area contributed by atoms with Gasteiger partial charge in [-0.15, -0.1) is 0 Å². The molecule has 0 aliphatic heterocycles. The maximum absolute atomic E-state index is 11.4. The molecule has 5 N–H and O–H groups in total. The van der Waals surface area contributed by atoms with Crippen LogP contribution in [0.25, 0.3) is 10.9 Å². The number of nitrogens with one attached hydrogen (secondary N) is 3. The van der Waals surface area contributed by atoms with Crippen LogP contribution in [0.1, 0.15) is 25.0 Å². The van der Waals surface area contributed by atoms with Gasteiger partial charge in [0.25, 0.3) is 0 Å². The van der Waals surface area contributed by atoms with Gasteiger partial charge in [0.2, 0.25) is 11.5 Å². The Kier molecular flexibility index (Phi) is 5.72. The number of benzene rings is 1. The highest BCUT2D eigenvalue weighted by Gasteiger charge is 2.13. The van der Waals surface area contributed by atoms with Crippen molar-refractivity contribution >= 4 is 16.8 Å². The van der Waals surface area contributed by atoms with Crippen molar-refractivity contribution < 1.29 is 15.0 Å². The first-order valence-corrected chi connectivity index (χ1v) is 7.47. The van der Waals surface area contributed by atoms with E-state index < -0.39 is 6.10 Å². The van der Waals surface area contributed by atoms with E-state index in [1.54, 1.807) is 12.1 Å². The van der Waals surface area contributed by atoms with Gasteiger partial charge in [-0.1, -0.05) is 6.07 Å². The number of aliphatic hydroxyl groups excluding tert-OH is 1. The number of aromatic hydroxyl groups is 1. The molecule has 0 saturated heterocycles. The summed E-state index contributed by atoms with van der Waals surface area (Å²) in [5, 5.41) is 26.6. The summed E-state index contributed by atoms with van der Waals surface area (Å²) in [6.07, 6.45) is -0.0135. The molecule has 23 heavy (non-hydrogen) atoms. The normalized spacial score (nSPS) is 12.3. The molecule has 1 aromatic carbocycles. The third kappa shape index (κ3) is 4.54. The fourth-order valence-electron chi connectivity index (χ4n) is 2.38. The minimum absolute atomic E-state index is 0.0306. The zero-order valence-electron chi connectivity index (χ0n) is 12.9. The van der Waals surface area contributed by atoms with Crippen molar-refractivity contribution in [1.29, 1.82) is 0 Å². The number of rotatable bonds is 7. The molecule has 1 atom stereocenters. The van der Waals surface area contributed by atoms with Gasteiger partial charge in [0.15, 0.2) is 0 Å². The average Bonchev–Trinajstić information content (AvgIpc) is 2.51. The molecule has 2 rings (SSSR count). The van der Waals surface area contributed by atoms with Crippen molar-refractivity contribution in [2.45, 2.75) is 19.4 Å². The van der Waals surface area contributed by atoms with Crippen LogP contribution in [-0.2, 0) is 4.79 Å². The molecule has 0 radical (unpaired) electrons. The summed E-state index contributed by atoms with van der Waals surface area (Å²) >= 11 is 0. The zero-order valence-corrected chi connectivity index (χ0v) is 12.9. The maximum Gasteiger partial charge on any atom is 0.248 e. The number of carbonyl (C=O) groups excluding carboxylic acids is 1. The summed E-state index contributed by atoms with van der Waals surface area (Å²) in [7, 11) is 0. The molecule has 1 aromatic heterocycles. The van der Waals surface area contributed by atoms with Crippen LogP contribution >= 0.6 is 0 Å². The van der Waals surface area contributed by atoms with Gasteiger partial charge >= 0.3 is 0 Å². The summed E-state index contributed by atoms with van der Waals surface area (Å²) in [6, 6.07) is 6.04. The van der Waals surface area contributed by atoms with Crippen molar-refractivity contribution in [3.63, 3.8) is 0 Å². The number of hydrogen-bond donors (Lipinski definition) is 5. The maximum atomic E-state index is 11.4. The van der Waals surface area contributed by atoms with Crippen LogP contribution in [0.3, 0.4) is 0 Å². The first-order chi connectivity index (χ1) is 11.0. The molecule has 1 heterocycles. The van der Waals surface area contributed by atoms with E-state index in [0.29, 0.717) is 36.1 Å². The largest absolute Gasteiger partial charge is 0.506 e. The second kappa shape index (κ2) is 7.75.